The molecule has 2 aliphatic rings. The lowest BCUT2D eigenvalue weighted by molar-refractivity contribution is 0.853. The Morgan fingerprint density at radius 1 is 0.500 bits per heavy atom. The van der Waals surface area contributed by atoms with Crippen LogP contribution in [0.25, 0.3) is 66.6 Å². The van der Waals surface area contributed by atoms with Gasteiger partial charge < -0.3 is 4.57 Å². The van der Waals surface area contributed by atoms with Crippen LogP contribution in [0.5, 0.6) is 0 Å². The van der Waals surface area contributed by atoms with Crippen LogP contribution in [0.15, 0.2) is 163 Å². The van der Waals surface area contributed by atoms with E-state index in [9.17, 15) is 0 Å². The van der Waals surface area contributed by atoms with E-state index >= 15 is 0 Å². The number of hydrogen-bond acceptors (Lipinski definition) is 4. The van der Waals surface area contributed by atoms with E-state index in [0.29, 0.717) is 11.6 Å². The lowest BCUT2D eigenvalue weighted by atomic mass is 9.84. The number of hydrogen-bond donors (Lipinski definition) is 0. The summed E-state index contributed by atoms with van der Waals surface area (Å²) in [6, 6.07) is 51.5. The lowest BCUT2D eigenvalue weighted by Crippen LogP contribution is -2.21. The summed E-state index contributed by atoms with van der Waals surface area (Å²) in [5, 5.41) is 5.13. The average molecular weight is 633 g/mol. The zero-order valence-electron chi connectivity index (χ0n) is 25.9. The molecule has 226 valence electrons. The first-order valence-electron chi connectivity index (χ1n) is 16.3. The van der Waals surface area contributed by atoms with Gasteiger partial charge in [-0.3, -0.25) is 0 Å². The van der Waals surface area contributed by atoms with Crippen LogP contribution in [0, 0.1) is 0 Å². The Kier molecular flexibility index (Phi) is 6.21. The highest BCUT2D eigenvalue weighted by Crippen LogP contribution is 2.57. The van der Waals surface area contributed by atoms with Crippen molar-refractivity contribution in [3.05, 3.63) is 169 Å². The van der Waals surface area contributed by atoms with Gasteiger partial charge in [-0.1, -0.05) is 127 Å². The zero-order valence-corrected chi connectivity index (χ0v) is 26.7. The molecule has 0 N–H and O–H groups in total. The highest BCUT2D eigenvalue weighted by atomic mass is 32.2. The van der Waals surface area contributed by atoms with Gasteiger partial charge in [0.05, 0.1) is 16.3 Å². The maximum absolute atomic E-state index is 5.16. The third-order valence-corrected chi connectivity index (χ3v) is 11.0. The summed E-state index contributed by atoms with van der Waals surface area (Å²) in [6.07, 6.45) is 4.57. The Hall–Kier alpha value is -5.78. The van der Waals surface area contributed by atoms with Crippen LogP contribution < -0.4 is 0 Å². The van der Waals surface area contributed by atoms with Crippen LogP contribution in [0.2, 0.25) is 0 Å². The van der Waals surface area contributed by atoms with Gasteiger partial charge >= 0.3 is 0 Å². The second kappa shape index (κ2) is 10.9. The van der Waals surface area contributed by atoms with Crippen LogP contribution in [0.1, 0.15) is 17.3 Å². The first-order chi connectivity index (χ1) is 23.8. The van der Waals surface area contributed by atoms with E-state index < -0.39 is 0 Å². The molecular weight excluding hydrogens is 605 g/mol. The zero-order chi connectivity index (χ0) is 31.6. The van der Waals surface area contributed by atoms with Gasteiger partial charge in [0, 0.05) is 44.0 Å². The molecule has 10 rings (SSSR count). The standard InChI is InChI=1S/C43H28N4S/c1-3-13-27(14-4-1)41-44-42(28-15-5-2-6-16-28)46-43(45-41)33-23-24-36(39-32-20-10-12-22-38(32)48-40(33)39)47-35-21-11-9-19-31(35)34-25-29-17-7-8-18-30(29)26-37(34)47/h1-26,39-40H. The molecule has 6 aromatic carbocycles. The van der Waals surface area contributed by atoms with Crippen molar-refractivity contribution in [3.63, 3.8) is 0 Å². The van der Waals surface area contributed by atoms with Crippen molar-refractivity contribution >= 4 is 55.6 Å². The highest BCUT2D eigenvalue weighted by Gasteiger charge is 2.42. The molecule has 2 atom stereocenters. The van der Waals surface area contributed by atoms with Crippen molar-refractivity contribution in [2.24, 2.45) is 0 Å². The van der Waals surface area contributed by atoms with Gasteiger partial charge in [-0.05, 0) is 46.7 Å². The monoisotopic (exact) mass is 632 g/mol. The van der Waals surface area contributed by atoms with Gasteiger partial charge in [-0.2, -0.15) is 0 Å². The summed E-state index contributed by atoms with van der Waals surface area (Å²) in [4.78, 5) is 16.6. The van der Waals surface area contributed by atoms with Crippen molar-refractivity contribution in [2.75, 3.05) is 0 Å². The van der Waals surface area contributed by atoms with Crippen molar-refractivity contribution in [1.29, 1.82) is 0 Å². The number of aromatic nitrogens is 4. The van der Waals surface area contributed by atoms with Crippen molar-refractivity contribution < 1.29 is 0 Å². The second-order valence-corrected chi connectivity index (χ2v) is 13.6. The van der Waals surface area contributed by atoms with Gasteiger partial charge in [0.15, 0.2) is 17.5 Å². The molecule has 3 heterocycles. The number of allylic oxidation sites excluding steroid dienone is 3. The van der Waals surface area contributed by atoms with Gasteiger partial charge in [0.2, 0.25) is 0 Å². The molecule has 0 spiro atoms. The molecular formula is C43H28N4S. The van der Waals surface area contributed by atoms with E-state index in [2.05, 4.69) is 126 Å². The van der Waals surface area contributed by atoms with Gasteiger partial charge in [-0.15, -0.1) is 11.8 Å². The third kappa shape index (κ3) is 4.28. The number of benzene rings is 6. The Bertz CT molecular complexity index is 2540. The third-order valence-electron chi connectivity index (χ3n) is 9.63. The molecule has 0 radical (unpaired) electrons. The molecule has 0 bridgehead atoms. The van der Waals surface area contributed by atoms with E-state index in [4.69, 9.17) is 15.0 Å². The molecule has 0 amide bonds. The van der Waals surface area contributed by atoms with Crippen LogP contribution >= 0.6 is 11.8 Å². The first kappa shape index (κ1) is 27.3. The van der Waals surface area contributed by atoms with E-state index in [1.165, 1.54) is 48.7 Å². The highest BCUT2D eigenvalue weighted by molar-refractivity contribution is 8.00. The summed E-state index contributed by atoms with van der Waals surface area (Å²) in [6.45, 7) is 0. The normalized spacial score (nSPS) is 16.9. The minimum absolute atomic E-state index is 0.0914. The van der Waals surface area contributed by atoms with Crippen molar-refractivity contribution in [3.8, 4) is 22.8 Å². The quantitative estimate of drug-likeness (QED) is 0.194. The predicted octanol–water partition coefficient (Wildman–Crippen LogP) is 10.7. The molecule has 8 aromatic rings. The Balaban J connectivity index is 1.23. The maximum Gasteiger partial charge on any atom is 0.164 e. The van der Waals surface area contributed by atoms with E-state index in [-0.39, 0.29) is 11.2 Å². The fraction of sp³-hybridized carbons (Fsp3) is 0.0465. The van der Waals surface area contributed by atoms with E-state index in [1.807, 2.05) is 48.2 Å². The van der Waals surface area contributed by atoms with Crippen LogP contribution in [0.4, 0.5) is 0 Å². The molecule has 2 unspecified atom stereocenters. The van der Waals surface area contributed by atoms with Gasteiger partial charge in [0.25, 0.3) is 0 Å². The maximum atomic E-state index is 5.16. The lowest BCUT2D eigenvalue weighted by Gasteiger charge is -2.29. The molecule has 2 aromatic heterocycles. The fourth-order valence-electron chi connectivity index (χ4n) is 7.43. The molecule has 4 nitrogen and oxygen atoms in total. The smallest absolute Gasteiger partial charge is 0.164 e. The minimum Gasteiger partial charge on any atom is -0.312 e. The second-order valence-electron chi connectivity index (χ2n) is 12.4. The molecule has 1 aliphatic carbocycles. The van der Waals surface area contributed by atoms with Gasteiger partial charge in [-0.25, -0.2) is 15.0 Å². The van der Waals surface area contributed by atoms with E-state index in [0.717, 1.165) is 22.5 Å². The summed E-state index contributed by atoms with van der Waals surface area (Å²) in [5.74, 6) is 2.19. The van der Waals surface area contributed by atoms with Gasteiger partial charge in [0.1, 0.15) is 0 Å². The van der Waals surface area contributed by atoms with Crippen LogP contribution in [0.3, 0.4) is 0 Å². The first-order valence-corrected chi connectivity index (χ1v) is 17.2. The number of nitrogens with zero attached hydrogens (tertiary/aromatic N) is 4. The molecule has 48 heavy (non-hydrogen) atoms. The number of rotatable bonds is 4. The molecule has 0 saturated heterocycles. The Labute approximate surface area is 282 Å². The largest absolute Gasteiger partial charge is 0.312 e. The van der Waals surface area contributed by atoms with Crippen LogP contribution in [-0.4, -0.2) is 24.8 Å². The van der Waals surface area contributed by atoms with Crippen LogP contribution in [-0.2, 0) is 0 Å². The SMILES string of the molecule is C1=C(c2nc(-c3ccccc3)nc(-c3ccccc3)n2)C2Sc3ccccc3C2C(n2c3ccccc3c3cc4ccccc4cc32)=C1. The average Bonchev–Trinajstić information content (AvgIpc) is 3.70. The summed E-state index contributed by atoms with van der Waals surface area (Å²) in [7, 11) is 0. The number of para-hydroxylation sites is 1. The fourth-order valence-corrected chi connectivity index (χ4v) is 8.93. The topological polar surface area (TPSA) is 43.6 Å². The van der Waals surface area contributed by atoms with Crippen molar-refractivity contribution in [2.45, 2.75) is 16.1 Å². The molecule has 0 saturated carbocycles. The molecule has 0 fully saturated rings. The number of fused-ring (bicyclic) bond motifs is 7. The molecule has 1 aliphatic heterocycles. The Morgan fingerprint density at radius 2 is 1.10 bits per heavy atom. The number of thioether (sulfide) groups is 1. The Morgan fingerprint density at radius 3 is 1.85 bits per heavy atom. The predicted molar refractivity (Wildman–Crippen MR) is 199 cm³/mol. The summed E-state index contributed by atoms with van der Waals surface area (Å²) >= 11 is 1.92. The summed E-state index contributed by atoms with van der Waals surface area (Å²) in [5.41, 5.74) is 8.12. The van der Waals surface area contributed by atoms with E-state index in [1.54, 1.807) is 0 Å². The van der Waals surface area contributed by atoms with Crippen molar-refractivity contribution in [1.82, 2.24) is 19.5 Å². The molecule has 5 heteroatoms. The summed E-state index contributed by atoms with van der Waals surface area (Å²) < 4.78 is 2.50. The minimum atomic E-state index is 0.0914.